The fourth-order valence-corrected chi connectivity index (χ4v) is 3.82. The van der Waals surface area contributed by atoms with Crippen molar-refractivity contribution in [3.8, 4) is 5.75 Å². The first-order valence-electron chi connectivity index (χ1n) is 9.39. The van der Waals surface area contributed by atoms with Crippen LogP contribution in [0.5, 0.6) is 5.75 Å². The summed E-state index contributed by atoms with van der Waals surface area (Å²) >= 11 is 0. The highest BCUT2D eigenvalue weighted by atomic mass is 28.3. The minimum absolute atomic E-state index is 0.479. The van der Waals surface area contributed by atoms with E-state index in [1.807, 2.05) is 36.0 Å². The van der Waals surface area contributed by atoms with Gasteiger partial charge in [-0.05, 0) is 36.7 Å². The number of nitrogens with zero attached hydrogens (tertiary/aromatic N) is 3. The molecule has 0 fully saturated rings. The topological polar surface area (TPSA) is 49.2 Å². The van der Waals surface area contributed by atoms with Crippen molar-refractivity contribution in [2.75, 3.05) is 13.7 Å². The zero-order chi connectivity index (χ0) is 19.4. The van der Waals surface area contributed by atoms with E-state index >= 15 is 0 Å². The molecule has 0 amide bonds. The van der Waals surface area contributed by atoms with Crippen LogP contribution < -0.4 is 4.74 Å². The van der Waals surface area contributed by atoms with E-state index in [1.165, 1.54) is 5.56 Å². The lowest BCUT2D eigenvalue weighted by atomic mass is 10.1. The summed E-state index contributed by atoms with van der Waals surface area (Å²) in [5.41, 5.74) is 4.32. The van der Waals surface area contributed by atoms with E-state index < -0.39 is 8.07 Å². The van der Waals surface area contributed by atoms with Crippen LogP contribution in [0.15, 0.2) is 36.5 Å². The van der Waals surface area contributed by atoms with Gasteiger partial charge in [0.25, 0.3) is 0 Å². The van der Waals surface area contributed by atoms with Crippen LogP contribution in [0.1, 0.15) is 17.0 Å². The van der Waals surface area contributed by atoms with Gasteiger partial charge in [0.15, 0.2) is 0 Å². The lowest BCUT2D eigenvalue weighted by Gasteiger charge is -2.15. The normalized spacial score (nSPS) is 11.9. The van der Waals surface area contributed by atoms with Crippen LogP contribution in [-0.2, 0) is 17.9 Å². The molecule has 0 aliphatic rings. The fourth-order valence-electron chi connectivity index (χ4n) is 3.06. The smallest absolute Gasteiger partial charge is 0.140 e. The van der Waals surface area contributed by atoms with Crippen molar-refractivity contribution in [2.24, 2.45) is 0 Å². The zero-order valence-corrected chi connectivity index (χ0v) is 18.0. The molecule has 1 aromatic carbocycles. The van der Waals surface area contributed by atoms with E-state index in [-0.39, 0.29) is 0 Å². The first kappa shape index (κ1) is 19.6. The molecule has 6 heteroatoms. The number of benzene rings is 1. The van der Waals surface area contributed by atoms with Gasteiger partial charge >= 0.3 is 0 Å². The van der Waals surface area contributed by atoms with Gasteiger partial charge < -0.3 is 9.47 Å². The van der Waals surface area contributed by atoms with Crippen LogP contribution in [-0.4, -0.2) is 36.6 Å². The molecule has 0 saturated heterocycles. The summed E-state index contributed by atoms with van der Waals surface area (Å²) in [4.78, 5) is 4.47. The number of methoxy groups -OCH3 is 1. The molecule has 3 rings (SSSR count). The Balaban J connectivity index is 1.82. The Kier molecular flexibility index (Phi) is 5.97. The number of hydrogen-bond acceptors (Lipinski definition) is 4. The first-order valence-corrected chi connectivity index (χ1v) is 13.1. The molecular formula is C21H29N3O2Si. The molecule has 0 spiro atoms. The Morgan fingerprint density at radius 3 is 2.48 bits per heavy atom. The van der Waals surface area contributed by atoms with Gasteiger partial charge in [0.2, 0.25) is 0 Å². The average molecular weight is 384 g/mol. The number of pyridine rings is 1. The van der Waals surface area contributed by atoms with Crippen molar-refractivity contribution >= 4 is 19.0 Å². The van der Waals surface area contributed by atoms with Crippen LogP contribution in [0.25, 0.3) is 10.9 Å². The van der Waals surface area contributed by atoms with Gasteiger partial charge in [-0.1, -0.05) is 31.8 Å². The molecule has 0 N–H and O–H groups in total. The number of fused-ring (bicyclic) bond motifs is 1. The summed E-state index contributed by atoms with van der Waals surface area (Å²) in [7, 11) is 0.595. The second-order valence-corrected chi connectivity index (χ2v) is 13.7. The average Bonchev–Trinajstić information content (AvgIpc) is 2.97. The Labute approximate surface area is 162 Å². The Bertz CT molecular complexity index is 898. The molecule has 3 aromatic rings. The number of aryl methyl sites for hydroxylation is 1. The molecule has 0 saturated carbocycles. The van der Waals surface area contributed by atoms with E-state index in [1.54, 1.807) is 7.11 Å². The summed E-state index contributed by atoms with van der Waals surface area (Å²) in [5, 5.41) is 5.98. The van der Waals surface area contributed by atoms with Crippen molar-refractivity contribution in [1.29, 1.82) is 0 Å². The summed E-state index contributed by atoms with van der Waals surface area (Å²) in [6, 6.07) is 11.3. The molecule has 2 heterocycles. The quantitative estimate of drug-likeness (QED) is 0.420. The lowest BCUT2D eigenvalue weighted by molar-refractivity contribution is 0.0814. The van der Waals surface area contributed by atoms with Crippen molar-refractivity contribution < 1.29 is 9.47 Å². The Hall–Kier alpha value is -2.18. The van der Waals surface area contributed by atoms with Gasteiger partial charge in [-0.15, -0.1) is 0 Å². The van der Waals surface area contributed by atoms with Gasteiger partial charge in [0, 0.05) is 38.4 Å². The molecule has 0 radical (unpaired) electrons. The fraction of sp³-hybridized carbons (Fsp3) is 0.429. The number of ether oxygens (including phenoxy) is 2. The van der Waals surface area contributed by atoms with E-state index in [0.29, 0.717) is 6.73 Å². The molecule has 0 atom stereocenters. The highest BCUT2D eigenvalue weighted by Crippen LogP contribution is 2.24. The van der Waals surface area contributed by atoms with E-state index in [4.69, 9.17) is 14.6 Å². The summed E-state index contributed by atoms with van der Waals surface area (Å²) < 4.78 is 13.1. The van der Waals surface area contributed by atoms with E-state index in [2.05, 4.69) is 36.8 Å². The third kappa shape index (κ3) is 4.96. The predicted octanol–water partition coefficient (Wildman–Crippen LogP) is 4.65. The van der Waals surface area contributed by atoms with E-state index in [0.717, 1.165) is 47.1 Å². The minimum atomic E-state index is -1.09. The molecule has 5 nitrogen and oxygen atoms in total. The van der Waals surface area contributed by atoms with Crippen LogP contribution in [0.3, 0.4) is 0 Å². The predicted molar refractivity (Wildman–Crippen MR) is 112 cm³/mol. The van der Waals surface area contributed by atoms with Gasteiger partial charge in [-0.3, -0.25) is 4.98 Å². The van der Waals surface area contributed by atoms with Gasteiger partial charge in [0.05, 0.1) is 18.3 Å². The van der Waals surface area contributed by atoms with Crippen LogP contribution in [0, 0.1) is 6.92 Å². The van der Waals surface area contributed by atoms with Crippen LogP contribution >= 0.6 is 0 Å². The molecular weight excluding hydrogens is 354 g/mol. The van der Waals surface area contributed by atoms with E-state index in [9.17, 15) is 0 Å². The minimum Gasteiger partial charge on any atom is -0.497 e. The van der Waals surface area contributed by atoms with Gasteiger partial charge in [0.1, 0.15) is 12.5 Å². The highest BCUT2D eigenvalue weighted by molar-refractivity contribution is 6.76. The lowest BCUT2D eigenvalue weighted by Crippen LogP contribution is -2.22. The highest BCUT2D eigenvalue weighted by Gasteiger charge is 2.15. The SMILES string of the molecule is COc1ccc(Cc2nn(COCC[Si](C)(C)C)c3ccnc(C)c23)cc1. The second-order valence-electron chi connectivity index (χ2n) is 8.11. The number of hydrogen-bond donors (Lipinski definition) is 0. The van der Waals surface area contributed by atoms with Crippen LogP contribution in [0.2, 0.25) is 25.7 Å². The monoisotopic (exact) mass is 383 g/mol. The molecule has 0 aliphatic carbocycles. The second kappa shape index (κ2) is 8.23. The zero-order valence-electron chi connectivity index (χ0n) is 17.0. The summed E-state index contributed by atoms with van der Waals surface area (Å²) in [6.07, 6.45) is 2.60. The maximum atomic E-state index is 5.94. The molecule has 0 unspecified atom stereocenters. The third-order valence-corrected chi connectivity index (χ3v) is 6.37. The van der Waals surface area contributed by atoms with Crippen LogP contribution in [0.4, 0.5) is 0 Å². The summed E-state index contributed by atoms with van der Waals surface area (Å²) in [5.74, 6) is 0.864. The standard InChI is InChI=1S/C21H29N3O2Si/c1-16-21-19(14-17-6-8-18(25-2)9-7-17)23-24(20(21)10-11-22-16)15-26-12-13-27(3,4)5/h6-11H,12-15H2,1-5H3. The third-order valence-electron chi connectivity index (χ3n) is 4.67. The first-order chi connectivity index (χ1) is 12.9. The molecule has 2 aromatic heterocycles. The Morgan fingerprint density at radius 1 is 1.07 bits per heavy atom. The molecule has 0 aliphatic heterocycles. The van der Waals surface area contributed by atoms with Crippen molar-refractivity contribution in [1.82, 2.24) is 14.8 Å². The largest absolute Gasteiger partial charge is 0.497 e. The maximum Gasteiger partial charge on any atom is 0.140 e. The van der Waals surface area contributed by atoms with Crippen molar-refractivity contribution in [2.45, 2.75) is 45.8 Å². The van der Waals surface area contributed by atoms with Gasteiger partial charge in [-0.25, -0.2) is 4.68 Å². The summed E-state index contributed by atoms with van der Waals surface area (Å²) in [6.45, 7) is 10.4. The maximum absolute atomic E-state index is 5.94. The molecule has 0 bridgehead atoms. The molecule has 27 heavy (non-hydrogen) atoms. The number of aromatic nitrogens is 3. The Morgan fingerprint density at radius 2 is 1.81 bits per heavy atom. The number of rotatable bonds is 8. The molecule has 144 valence electrons. The van der Waals surface area contributed by atoms with Gasteiger partial charge in [-0.2, -0.15) is 5.10 Å². The van der Waals surface area contributed by atoms with Crippen molar-refractivity contribution in [3.63, 3.8) is 0 Å². The van der Waals surface area contributed by atoms with Crippen molar-refractivity contribution in [3.05, 3.63) is 53.5 Å².